The molecular weight excluding hydrogens is 388 g/mol. The standard InChI is InChI=1S/C18H22N2O5S2/c1-6-27(22,23)20(11-13-7-9-14(24-5)10-8-13)16-15(19-12-26-16)17(21)25-18(2,3)4/h6-10,12H,1,11H2,2-5H3. The Morgan fingerprint density at radius 3 is 2.44 bits per heavy atom. The van der Waals surface area contributed by atoms with Crippen LogP contribution >= 0.6 is 11.3 Å². The van der Waals surface area contributed by atoms with Gasteiger partial charge in [-0.3, -0.25) is 4.31 Å². The van der Waals surface area contributed by atoms with Gasteiger partial charge in [-0.15, -0.1) is 11.3 Å². The zero-order valence-electron chi connectivity index (χ0n) is 15.6. The van der Waals surface area contributed by atoms with Crippen LogP contribution in [0.4, 0.5) is 5.00 Å². The van der Waals surface area contributed by atoms with Gasteiger partial charge in [0, 0.05) is 5.41 Å². The van der Waals surface area contributed by atoms with Gasteiger partial charge in [-0.1, -0.05) is 18.7 Å². The maximum Gasteiger partial charge on any atom is 0.360 e. The molecule has 0 radical (unpaired) electrons. The van der Waals surface area contributed by atoms with Crippen molar-refractivity contribution in [3.8, 4) is 5.75 Å². The molecule has 1 aromatic carbocycles. The molecule has 7 nitrogen and oxygen atoms in total. The van der Waals surface area contributed by atoms with Crippen LogP contribution in [0.2, 0.25) is 0 Å². The molecule has 0 saturated heterocycles. The lowest BCUT2D eigenvalue weighted by Gasteiger charge is -2.23. The molecule has 146 valence electrons. The number of benzene rings is 1. The number of hydrogen-bond donors (Lipinski definition) is 0. The number of carbonyl (C=O) groups excluding carboxylic acids is 1. The highest BCUT2D eigenvalue weighted by Crippen LogP contribution is 2.31. The van der Waals surface area contributed by atoms with Gasteiger partial charge < -0.3 is 9.47 Å². The molecule has 0 N–H and O–H groups in total. The van der Waals surface area contributed by atoms with Gasteiger partial charge in [0.25, 0.3) is 10.0 Å². The summed E-state index contributed by atoms with van der Waals surface area (Å²) in [5.41, 5.74) is 1.35. The van der Waals surface area contributed by atoms with Crippen molar-refractivity contribution in [3.63, 3.8) is 0 Å². The number of esters is 1. The second-order valence-corrected chi connectivity index (χ2v) is 9.21. The van der Waals surface area contributed by atoms with Gasteiger partial charge in [0.05, 0.1) is 19.2 Å². The highest BCUT2D eigenvalue weighted by molar-refractivity contribution is 7.95. The van der Waals surface area contributed by atoms with E-state index in [9.17, 15) is 13.2 Å². The number of thiazole rings is 1. The third kappa shape index (κ3) is 5.30. The van der Waals surface area contributed by atoms with Crippen molar-refractivity contribution >= 4 is 32.3 Å². The van der Waals surface area contributed by atoms with E-state index in [1.54, 1.807) is 52.1 Å². The fourth-order valence-corrected chi connectivity index (χ4v) is 4.10. The quantitative estimate of drug-likeness (QED) is 0.649. The van der Waals surface area contributed by atoms with Crippen molar-refractivity contribution in [2.24, 2.45) is 0 Å². The summed E-state index contributed by atoms with van der Waals surface area (Å²) in [6, 6.07) is 6.96. The number of ether oxygens (including phenoxy) is 2. The van der Waals surface area contributed by atoms with Crippen molar-refractivity contribution in [1.29, 1.82) is 0 Å². The third-order valence-corrected chi connectivity index (χ3v) is 5.68. The van der Waals surface area contributed by atoms with E-state index < -0.39 is 21.6 Å². The van der Waals surface area contributed by atoms with Crippen molar-refractivity contribution < 1.29 is 22.7 Å². The average Bonchev–Trinajstić information content (AvgIpc) is 3.08. The maximum absolute atomic E-state index is 12.6. The molecule has 1 heterocycles. The smallest absolute Gasteiger partial charge is 0.360 e. The number of aromatic nitrogens is 1. The van der Waals surface area contributed by atoms with Gasteiger partial charge in [0.15, 0.2) is 5.69 Å². The summed E-state index contributed by atoms with van der Waals surface area (Å²) in [7, 11) is -2.32. The van der Waals surface area contributed by atoms with Gasteiger partial charge in [-0.05, 0) is 38.5 Å². The number of methoxy groups -OCH3 is 1. The Hall–Kier alpha value is -2.39. The fraction of sp³-hybridized carbons (Fsp3) is 0.333. The topological polar surface area (TPSA) is 85.8 Å². The summed E-state index contributed by atoms with van der Waals surface area (Å²) < 4.78 is 36.7. The van der Waals surface area contributed by atoms with Crippen LogP contribution in [0, 0.1) is 0 Å². The average molecular weight is 411 g/mol. The van der Waals surface area contributed by atoms with E-state index in [1.165, 1.54) is 5.51 Å². The molecule has 0 fully saturated rings. The molecular formula is C18H22N2O5S2. The first-order chi connectivity index (χ1) is 12.6. The Bertz CT molecular complexity index is 912. The van der Waals surface area contributed by atoms with E-state index in [0.29, 0.717) is 11.3 Å². The molecule has 0 saturated carbocycles. The van der Waals surface area contributed by atoms with E-state index in [0.717, 1.165) is 21.1 Å². The predicted molar refractivity (Wildman–Crippen MR) is 106 cm³/mol. The van der Waals surface area contributed by atoms with Crippen LogP contribution in [0.3, 0.4) is 0 Å². The highest BCUT2D eigenvalue weighted by Gasteiger charge is 2.30. The van der Waals surface area contributed by atoms with Gasteiger partial charge in [-0.2, -0.15) is 0 Å². The molecule has 0 aliphatic heterocycles. The Kier molecular flexibility index (Phi) is 6.27. The molecule has 0 aliphatic rings. The summed E-state index contributed by atoms with van der Waals surface area (Å²) in [4.78, 5) is 16.5. The lowest BCUT2D eigenvalue weighted by atomic mass is 10.2. The maximum atomic E-state index is 12.6. The highest BCUT2D eigenvalue weighted by atomic mass is 32.2. The van der Waals surface area contributed by atoms with E-state index in [-0.39, 0.29) is 17.2 Å². The summed E-state index contributed by atoms with van der Waals surface area (Å²) in [6.45, 7) is 8.58. The van der Waals surface area contributed by atoms with Crippen LogP contribution in [-0.2, 0) is 21.3 Å². The van der Waals surface area contributed by atoms with Crippen LogP contribution in [-0.4, -0.2) is 32.1 Å². The molecule has 0 aliphatic carbocycles. The Balaban J connectivity index is 2.43. The normalized spacial score (nSPS) is 11.7. The molecule has 27 heavy (non-hydrogen) atoms. The summed E-state index contributed by atoms with van der Waals surface area (Å²) in [5, 5.41) is 1.02. The summed E-state index contributed by atoms with van der Waals surface area (Å²) in [6.07, 6.45) is 0. The molecule has 0 unspecified atom stereocenters. The number of nitrogens with zero attached hydrogens (tertiary/aromatic N) is 2. The first-order valence-corrected chi connectivity index (χ1v) is 10.4. The molecule has 2 aromatic rings. The van der Waals surface area contributed by atoms with Crippen LogP contribution in [0.15, 0.2) is 41.8 Å². The van der Waals surface area contributed by atoms with Gasteiger partial charge in [0.2, 0.25) is 0 Å². The molecule has 0 bridgehead atoms. The Labute approximate surface area is 163 Å². The van der Waals surface area contributed by atoms with Crippen LogP contribution < -0.4 is 9.04 Å². The molecule has 0 amide bonds. The lowest BCUT2D eigenvalue weighted by molar-refractivity contribution is 0.00646. The van der Waals surface area contributed by atoms with Gasteiger partial charge in [-0.25, -0.2) is 18.2 Å². The van der Waals surface area contributed by atoms with Crippen molar-refractivity contribution in [3.05, 3.63) is 53.0 Å². The summed E-state index contributed by atoms with van der Waals surface area (Å²) >= 11 is 1.04. The van der Waals surface area contributed by atoms with Crippen LogP contribution in [0.1, 0.15) is 36.8 Å². The van der Waals surface area contributed by atoms with Crippen molar-refractivity contribution in [2.45, 2.75) is 32.9 Å². The molecule has 2 rings (SSSR count). The zero-order valence-corrected chi connectivity index (χ0v) is 17.3. The minimum absolute atomic E-state index is 0.0103. The molecule has 9 heteroatoms. The lowest BCUT2D eigenvalue weighted by Crippen LogP contribution is -2.30. The van der Waals surface area contributed by atoms with E-state index >= 15 is 0 Å². The molecule has 0 atom stereocenters. The Morgan fingerprint density at radius 1 is 1.30 bits per heavy atom. The largest absolute Gasteiger partial charge is 0.497 e. The van der Waals surface area contributed by atoms with E-state index in [2.05, 4.69) is 11.6 Å². The number of hydrogen-bond acceptors (Lipinski definition) is 7. The number of carbonyl (C=O) groups is 1. The van der Waals surface area contributed by atoms with Crippen LogP contribution in [0.5, 0.6) is 5.75 Å². The molecule has 1 aromatic heterocycles. The first kappa shape index (κ1) is 20.9. The second-order valence-electron chi connectivity index (χ2n) is 6.57. The number of anilines is 1. The van der Waals surface area contributed by atoms with E-state index in [1.807, 2.05) is 0 Å². The number of sulfonamides is 1. The SMILES string of the molecule is C=CS(=O)(=O)N(Cc1ccc(OC)cc1)c1scnc1C(=O)OC(C)(C)C. The van der Waals surface area contributed by atoms with E-state index in [4.69, 9.17) is 9.47 Å². The van der Waals surface area contributed by atoms with Crippen LogP contribution in [0.25, 0.3) is 0 Å². The fourth-order valence-electron chi connectivity index (χ4n) is 2.15. The minimum atomic E-state index is -3.87. The third-order valence-electron chi connectivity index (χ3n) is 3.37. The summed E-state index contributed by atoms with van der Waals surface area (Å²) in [5.74, 6) is -0.0261. The molecule has 0 spiro atoms. The van der Waals surface area contributed by atoms with Gasteiger partial charge in [0.1, 0.15) is 16.4 Å². The zero-order chi connectivity index (χ0) is 20.2. The number of rotatable bonds is 7. The van der Waals surface area contributed by atoms with Crippen molar-refractivity contribution in [1.82, 2.24) is 4.98 Å². The first-order valence-electron chi connectivity index (χ1n) is 8.02. The minimum Gasteiger partial charge on any atom is -0.497 e. The van der Waals surface area contributed by atoms with Crippen molar-refractivity contribution in [2.75, 3.05) is 11.4 Å². The Morgan fingerprint density at radius 2 is 1.93 bits per heavy atom. The van der Waals surface area contributed by atoms with Gasteiger partial charge >= 0.3 is 5.97 Å². The predicted octanol–water partition coefficient (Wildman–Crippen LogP) is 3.59. The second kappa shape index (κ2) is 8.10. The monoisotopic (exact) mass is 410 g/mol.